The Morgan fingerprint density at radius 1 is 1.37 bits per heavy atom. The second kappa shape index (κ2) is 5.57. The minimum atomic E-state index is 0.0445. The van der Waals surface area contributed by atoms with Gasteiger partial charge in [-0.15, -0.1) is 0 Å². The molecule has 0 saturated heterocycles. The predicted octanol–water partition coefficient (Wildman–Crippen LogP) is 4.72. The van der Waals surface area contributed by atoms with Crippen molar-refractivity contribution in [3.8, 4) is 5.75 Å². The first-order valence-corrected chi connectivity index (χ1v) is 8.01. The van der Waals surface area contributed by atoms with Gasteiger partial charge in [0.05, 0.1) is 16.1 Å². The lowest BCUT2D eigenvalue weighted by molar-refractivity contribution is -0.112. The van der Waals surface area contributed by atoms with Gasteiger partial charge in [-0.2, -0.15) is 0 Å². The number of aldehydes is 1. The molecule has 1 aliphatic rings. The third kappa shape index (κ3) is 2.49. The van der Waals surface area contributed by atoms with E-state index >= 15 is 0 Å². The standard InChI is InChI=1S/C15H18Br2O2/c1-9-10(8-18)4-5-15(9,2)11-6-12(16)14(19-3)13(17)7-11/h6-10H,4-5H2,1-3H3. The molecule has 1 aromatic carbocycles. The van der Waals surface area contributed by atoms with Gasteiger partial charge in [0.15, 0.2) is 0 Å². The number of benzene rings is 1. The van der Waals surface area contributed by atoms with Gasteiger partial charge in [-0.1, -0.05) is 13.8 Å². The Bertz CT molecular complexity index is 478. The Morgan fingerprint density at radius 3 is 2.37 bits per heavy atom. The molecule has 0 aliphatic heterocycles. The summed E-state index contributed by atoms with van der Waals surface area (Å²) in [5.41, 5.74) is 1.30. The molecule has 1 saturated carbocycles. The molecule has 0 N–H and O–H groups in total. The van der Waals surface area contributed by atoms with Crippen LogP contribution in [0.4, 0.5) is 0 Å². The summed E-state index contributed by atoms with van der Waals surface area (Å²) in [6.07, 6.45) is 3.13. The molecule has 104 valence electrons. The molecular formula is C15H18Br2O2. The van der Waals surface area contributed by atoms with Crippen LogP contribution in [0.25, 0.3) is 0 Å². The van der Waals surface area contributed by atoms with E-state index in [0.29, 0.717) is 5.92 Å². The maximum atomic E-state index is 11.1. The van der Waals surface area contributed by atoms with Crippen molar-refractivity contribution in [2.75, 3.05) is 7.11 Å². The smallest absolute Gasteiger partial charge is 0.147 e. The maximum Gasteiger partial charge on any atom is 0.147 e. The highest BCUT2D eigenvalue weighted by Gasteiger charge is 2.43. The molecule has 2 rings (SSSR count). The van der Waals surface area contributed by atoms with Gasteiger partial charge in [0.1, 0.15) is 12.0 Å². The lowest BCUT2D eigenvalue weighted by atomic mass is 9.73. The van der Waals surface area contributed by atoms with Gasteiger partial charge in [0, 0.05) is 5.92 Å². The predicted molar refractivity (Wildman–Crippen MR) is 83.7 cm³/mol. The van der Waals surface area contributed by atoms with Gasteiger partial charge >= 0.3 is 0 Å². The summed E-state index contributed by atoms with van der Waals surface area (Å²) >= 11 is 7.11. The number of carbonyl (C=O) groups is 1. The second-order valence-corrected chi connectivity index (χ2v) is 7.23. The van der Waals surface area contributed by atoms with Crippen molar-refractivity contribution in [1.29, 1.82) is 0 Å². The highest BCUT2D eigenvalue weighted by Crippen LogP contribution is 2.50. The fraction of sp³-hybridized carbons (Fsp3) is 0.533. The molecule has 0 amide bonds. The van der Waals surface area contributed by atoms with E-state index in [1.807, 2.05) is 0 Å². The zero-order valence-corrected chi connectivity index (χ0v) is 14.5. The van der Waals surface area contributed by atoms with Crippen molar-refractivity contribution in [2.45, 2.75) is 32.1 Å². The van der Waals surface area contributed by atoms with Crippen molar-refractivity contribution in [3.63, 3.8) is 0 Å². The molecule has 0 heterocycles. The molecule has 4 heteroatoms. The highest BCUT2D eigenvalue weighted by atomic mass is 79.9. The molecule has 3 atom stereocenters. The molecule has 3 unspecified atom stereocenters. The van der Waals surface area contributed by atoms with E-state index in [-0.39, 0.29) is 11.3 Å². The largest absolute Gasteiger partial charge is 0.494 e. The average Bonchev–Trinajstić information content (AvgIpc) is 2.66. The van der Waals surface area contributed by atoms with Gasteiger partial charge in [0.2, 0.25) is 0 Å². The third-order valence-corrected chi connectivity index (χ3v) is 5.86. The summed E-state index contributed by atoms with van der Waals surface area (Å²) in [5, 5.41) is 0. The lowest BCUT2D eigenvalue weighted by Crippen LogP contribution is -2.28. The zero-order valence-electron chi connectivity index (χ0n) is 11.4. The molecule has 1 fully saturated rings. The molecule has 1 aromatic rings. The van der Waals surface area contributed by atoms with Crippen LogP contribution in [-0.2, 0) is 10.2 Å². The summed E-state index contributed by atoms with van der Waals surface area (Å²) in [6, 6.07) is 4.24. The highest BCUT2D eigenvalue weighted by molar-refractivity contribution is 9.11. The van der Waals surface area contributed by atoms with Crippen LogP contribution < -0.4 is 4.74 Å². The van der Waals surface area contributed by atoms with Gasteiger partial charge < -0.3 is 9.53 Å². The van der Waals surface area contributed by atoms with Crippen LogP contribution >= 0.6 is 31.9 Å². The number of ether oxygens (including phenoxy) is 1. The normalized spacial score (nSPS) is 30.4. The van der Waals surface area contributed by atoms with E-state index < -0.39 is 0 Å². The molecule has 0 spiro atoms. The molecule has 1 aliphatic carbocycles. The Morgan fingerprint density at radius 2 is 1.95 bits per heavy atom. The van der Waals surface area contributed by atoms with Crippen LogP contribution in [0, 0.1) is 11.8 Å². The number of rotatable bonds is 3. The van der Waals surface area contributed by atoms with Crippen LogP contribution in [0.3, 0.4) is 0 Å². The number of halogens is 2. The van der Waals surface area contributed by atoms with E-state index in [9.17, 15) is 4.79 Å². The van der Waals surface area contributed by atoms with E-state index in [4.69, 9.17) is 4.74 Å². The minimum Gasteiger partial charge on any atom is -0.494 e. The van der Waals surface area contributed by atoms with E-state index in [2.05, 4.69) is 57.8 Å². The van der Waals surface area contributed by atoms with Crippen LogP contribution in [0.15, 0.2) is 21.1 Å². The second-order valence-electron chi connectivity index (χ2n) is 5.52. The number of hydrogen-bond donors (Lipinski definition) is 0. The van der Waals surface area contributed by atoms with Crippen LogP contribution in [0.1, 0.15) is 32.3 Å². The monoisotopic (exact) mass is 388 g/mol. The van der Waals surface area contributed by atoms with Gasteiger partial charge in [-0.25, -0.2) is 0 Å². The van der Waals surface area contributed by atoms with Crippen LogP contribution in [0.2, 0.25) is 0 Å². The lowest BCUT2D eigenvalue weighted by Gasteiger charge is -2.31. The van der Waals surface area contributed by atoms with Crippen molar-refractivity contribution >= 4 is 38.1 Å². The Hall–Kier alpha value is -0.350. The average molecular weight is 390 g/mol. The topological polar surface area (TPSA) is 26.3 Å². The number of methoxy groups -OCH3 is 1. The molecular weight excluding hydrogens is 372 g/mol. The number of hydrogen-bond acceptors (Lipinski definition) is 2. The summed E-state index contributed by atoms with van der Waals surface area (Å²) < 4.78 is 7.24. The minimum absolute atomic E-state index is 0.0445. The fourth-order valence-corrected chi connectivity index (χ4v) is 4.60. The van der Waals surface area contributed by atoms with Gasteiger partial charge in [-0.05, 0) is 73.7 Å². The fourth-order valence-electron chi connectivity index (χ4n) is 3.09. The summed E-state index contributed by atoms with van der Waals surface area (Å²) in [4.78, 5) is 11.1. The first-order chi connectivity index (χ1) is 8.93. The van der Waals surface area contributed by atoms with Crippen molar-refractivity contribution < 1.29 is 9.53 Å². The molecule has 19 heavy (non-hydrogen) atoms. The molecule has 0 bridgehead atoms. The third-order valence-electron chi connectivity index (χ3n) is 4.68. The van der Waals surface area contributed by atoms with Crippen molar-refractivity contribution in [2.24, 2.45) is 11.8 Å². The van der Waals surface area contributed by atoms with E-state index in [1.54, 1.807) is 7.11 Å². The Labute approximate surface area is 131 Å². The first kappa shape index (κ1) is 15.0. The SMILES string of the molecule is COc1c(Br)cc(C2(C)CCC(C=O)C2C)cc1Br. The summed E-state index contributed by atoms with van der Waals surface area (Å²) in [6.45, 7) is 4.43. The summed E-state index contributed by atoms with van der Waals surface area (Å²) in [7, 11) is 1.66. The van der Waals surface area contributed by atoms with E-state index in [1.165, 1.54) is 5.56 Å². The van der Waals surface area contributed by atoms with E-state index in [0.717, 1.165) is 33.8 Å². The van der Waals surface area contributed by atoms with Crippen molar-refractivity contribution in [1.82, 2.24) is 0 Å². The molecule has 2 nitrogen and oxygen atoms in total. The molecule has 0 radical (unpaired) electrons. The zero-order chi connectivity index (χ0) is 14.2. The van der Waals surface area contributed by atoms with Crippen LogP contribution in [0.5, 0.6) is 5.75 Å². The van der Waals surface area contributed by atoms with Crippen LogP contribution in [-0.4, -0.2) is 13.4 Å². The Balaban J connectivity index is 2.45. The van der Waals surface area contributed by atoms with Gasteiger partial charge in [0.25, 0.3) is 0 Å². The molecule has 0 aromatic heterocycles. The van der Waals surface area contributed by atoms with Gasteiger partial charge in [-0.3, -0.25) is 0 Å². The first-order valence-electron chi connectivity index (χ1n) is 6.43. The summed E-state index contributed by atoms with van der Waals surface area (Å²) in [5.74, 6) is 1.34. The van der Waals surface area contributed by atoms with Crippen molar-refractivity contribution in [3.05, 3.63) is 26.6 Å². The number of carbonyl (C=O) groups excluding carboxylic acids is 1. The quantitative estimate of drug-likeness (QED) is 0.699. The Kier molecular flexibility index (Phi) is 4.41. The maximum absolute atomic E-state index is 11.1.